The van der Waals surface area contributed by atoms with E-state index in [9.17, 15) is 0 Å². The lowest BCUT2D eigenvalue weighted by Gasteiger charge is -2.35. The second kappa shape index (κ2) is 4.65. The molecule has 2 heterocycles. The van der Waals surface area contributed by atoms with Gasteiger partial charge in [-0.05, 0) is 24.8 Å². The highest BCUT2D eigenvalue weighted by Gasteiger charge is 2.32. The summed E-state index contributed by atoms with van der Waals surface area (Å²) in [6.07, 6.45) is 10.8. The molecule has 2 aromatic rings. The second-order valence-corrected chi connectivity index (χ2v) is 5.37. The van der Waals surface area contributed by atoms with Crippen LogP contribution in [0.15, 0.2) is 18.6 Å². The zero-order valence-corrected chi connectivity index (χ0v) is 10.5. The zero-order valence-electron chi connectivity index (χ0n) is 10.5. The van der Waals surface area contributed by atoms with Gasteiger partial charge in [0.2, 0.25) is 0 Å². The normalized spacial score (nSPS) is 19.2. The predicted molar refractivity (Wildman–Crippen MR) is 69.1 cm³/mol. The third kappa shape index (κ3) is 1.99. The molecule has 5 nitrogen and oxygen atoms in total. The Kier molecular flexibility index (Phi) is 2.99. The van der Waals surface area contributed by atoms with E-state index >= 15 is 0 Å². The molecule has 0 aliphatic heterocycles. The lowest BCUT2D eigenvalue weighted by atomic mass is 9.72. The molecular weight excluding hydrogens is 226 g/mol. The molecule has 0 unspecified atom stereocenters. The van der Waals surface area contributed by atoms with Crippen LogP contribution in [0.2, 0.25) is 0 Å². The molecule has 1 aliphatic carbocycles. The standard InChI is InChI=1S/C13H19N5/c14-9-13(5-2-1-3-6-13)8-12-17-16-11-4-7-15-10-18(11)12/h4,7,10H,1-3,5-6,8-9,14H2. The minimum Gasteiger partial charge on any atom is -0.330 e. The van der Waals surface area contributed by atoms with E-state index in [-0.39, 0.29) is 5.41 Å². The summed E-state index contributed by atoms with van der Waals surface area (Å²) in [4.78, 5) is 4.14. The summed E-state index contributed by atoms with van der Waals surface area (Å²) >= 11 is 0. The molecule has 0 bridgehead atoms. The maximum atomic E-state index is 6.03. The Morgan fingerprint density at radius 3 is 2.83 bits per heavy atom. The molecular formula is C13H19N5. The van der Waals surface area contributed by atoms with E-state index in [1.807, 2.05) is 10.5 Å². The van der Waals surface area contributed by atoms with E-state index in [0.29, 0.717) is 0 Å². The van der Waals surface area contributed by atoms with Gasteiger partial charge in [0.25, 0.3) is 0 Å². The molecule has 0 spiro atoms. The Bertz CT molecular complexity index is 527. The Labute approximate surface area is 106 Å². The lowest BCUT2D eigenvalue weighted by molar-refractivity contribution is 0.193. The summed E-state index contributed by atoms with van der Waals surface area (Å²) in [5.74, 6) is 0.991. The van der Waals surface area contributed by atoms with Gasteiger partial charge >= 0.3 is 0 Å². The van der Waals surface area contributed by atoms with E-state index in [1.54, 1.807) is 12.5 Å². The summed E-state index contributed by atoms with van der Waals surface area (Å²) in [5, 5.41) is 8.48. The van der Waals surface area contributed by atoms with Crippen molar-refractivity contribution in [2.45, 2.75) is 38.5 Å². The van der Waals surface area contributed by atoms with Crippen LogP contribution in [0.5, 0.6) is 0 Å². The van der Waals surface area contributed by atoms with Crippen molar-refractivity contribution < 1.29 is 0 Å². The molecule has 1 aliphatic rings. The van der Waals surface area contributed by atoms with Crippen LogP contribution in [0.25, 0.3) is 5.65 Å². The summed E-state index contributed by atoms with van der Waals surface area (Å²) in [6, 6.07) is 1.88. The smallest absolute Gasteiger partial charge is 0.163 e. The molecule has 0 aromatic carbocycles. The number of rotatable bonds is 3. The van der Waals surface area contributed by atoms with E-state index in [2.05, 4.69) is 15.2 Å². The maximum Gasteiger partial charge on any atom is 0.163 e. The summed E-state index contributed by atoms with van der Waals surface area (Å²) < 4.78 is 1.98. The number of nitrogens with two attached hydrogens (primary N) is 1. The van der Waals surface area contributed by atoms with Crippen molar-refractivity contribution in [2.24, 2.45) is 11.1 Å². The van der Waals surface area contributed by atoms with Crippen molar-refractivity contribution in [3.05, 3.63) is 24.4 Å². The van der Waals surface area contributed by atoms with Crippen LogP contribution in [0.3, 0.4) is 0 Å². The van der Waals surface area contributed by atoms with Crippen molar-refractivity contribution in [2.75, 3.05) is 6.54 Å². The minimum absolute atomic E-state index is 0.219. The number of hydrogen-bond donors (Lipinski definition) is 1. The highest BCUT2D eigenvalue weighted by molar-refractivity contribution is 5.35. The molecule has 0 saturated heterocycles. The van der Waals surface area contributed by atoms with Crippen molar-refractivity contribution in [3.63, 3.8) is 0 Å². The topological polar surface area (TPSA) is 69.1 Å². The van der Waals surface area contributed by atoms with Crippen LogP contribution in [-0.2, 0) is 6.42 Å². The average Bonchev–Trinajstić information content (AvgIpc) is 2.83. The first kappa shape index (κ1) is 11.6. The summed E-state index contributed by atoms with van der Waals surface area (Å²) in [5.41, 5.74) is 7.11. The lowest BCUT2D eigenvalue weighted by Crippen LogP contribution is -2.35. The van der Waals surface area contributed by atoms with Gasteiger partial charge in [0.05, 0.1) is 0 Å². The molecule has 1 saturated carbocycles. The third-order valence-electron chi connectivity index (χ3n) is 4.16. The summed E-state index contributed by atoms with van der Waals surface area (Å²) in [7, 11) is 0. The van der Waals surface area contributed by atoms with Gasteiger partial charge < -0.3 is 5.73 Å². The molecule has 18 heavy (non-hydrogen) atoms. The zero-order chi connectivity index (χ0) is 12.4. The van der Waals surface area contributed by atoms with Crippen LogP contribution in [0, 0.1) is 5.41 Å². The fourth-order valence-electron chi connectivity index (χ4n) is 3.00. The first-order valence-corrected chi connectivity index (χ1v) is 6.67. The molecule has 0 amide bonds. The second-order valence-electron chi connectivity index (χ2n) is 5.37. The number of aromatic nitrogens is 4. The molecule has 96 valence electrons. The van der Waals surface area contributed by atoms with Gasteiger partial charge in [-0.15, -0.1) is 10.2 Å². The fourth-order valence-corrected chi connectivity index (χ4v) is 3.00. The minimum atomic E-state index is 0.219. The highest BCUT2D eigenvalue weighted by atomic mass is 15.3. The van der Waals surface area contributed by atoms with Crippen LogP contribution >= 0.6 is 0 Å². The van der Waals surface area contributed by atoms with Crippen molar-refractivity contribution in [1.82, 2.24) is 19.6 Å². The number of fused-ring (bicyclic) bond motifs is 1. The first-order chi connectivity index (χ1) is 8.83. The van der Waals surface area contributed by atoms with Crippen LogP contribution in [0.4, 0.5) is 0 Å². The van der Waals surface area contributed by atoms with Crippen LogP contribution in [0.1, 0.15) is 37.9 Å². The Hall–Kier alpha value is -1.49. The summed E-state index contributed by atoms with van der Waals surface area (Å²) in [6.45, 7) is 0.738. The fraction of sp³-hybridized carbons (Fsp3) is 0.615. The van der Waals surface area contributed by atoms with Crippen LogP contribution < -0.4 is 5.73 Å². The molecule has 1 fully saturated rings. The Morgan fingerprint density at radius 1 is 1.22 bits per heavy atom. The molecule has 0 atom stereocenters. The average molecular weight is 245 g/mol. The third-order valence-corrected chi connectivity index (χ3v) is 4.16. The van der Waals surface area contributed by atoms with Gasteiger partial charge in [-0.25, -0.2) is 4.98 Å². The monoisotopic (exact) mass is 245 g/mol. The van der Waals surface area contributed by atoms with Crippen molar-refractivity contribution in [3.8, 4) is 0 Å². The molecule has 5 heteroatoms. The van der Waals surface area contributed by atoms with Gasteiger partial charge in [0.1, 0.15) is 12.2 Å². The van der Waals surface area contributed by atoms with Gasteiger partial charge in [-0.3, -0.25) is 4.40 Å². The SMILES string of the molecule is NCC1(Cc2nnc3ccncn23)CCCCC1. The molecule has 3 rings (SSSR count). The number of hydrogen-bond acceptors (Lipinski definition) is 4. The van der Waals surface area contributed by atoms with Crippen molar-refractivity contribution >= 4 is 5.65 Å². The first-order valence-electron chi connectivity index (χ1n) is 6.67. The Balaban J connectivity index is 1.90. The van der Waals surface area contributed by atoms with Gasteiger partial charge in [0.15, 0.2) is 5.65 Å². The molecule has 0 radical (unpaired) electrons. The highest BCUT2D eigenvalue weighted by Crippen LogP contribution is 2.37. The van der Waals surface area contributed by atoms with Crippen molar-refractivity contribution in [1.29, 1.82) is 0 Å². The largest absolute Gasteiger partial charge is 0.330 e. The van der Waals surface area contributed by atoms with Gasteiger partial charge in [-0.2, -0.15) is 0 Å². The Morgan fingerprint density at radius 2 is 2.06 bits per heavy atom. The predicted octanol–water partition coefficient (Wildman–Crippen LogP) is 1.58. The van der Waals surface area contributed by atoms with Crippen LogP contribution in [-0.4, -0.2) is 26.1 Å². The van der Waals surface area contributed by atoms with E-state index < -0.39 is 0 Å². The molecule has 2 aromatic heterocycles. The van der Waals surface area contributed by atoms with E-state index in [4.69, 9.17) is 5.73 Å². The quantitative estimate of drug-likeness (QED) is 0.891. The van der Waals surface area contributed by atoms with E-state index in [0.717, 1.165) is 24.4 Å². The van der Waals surface area contributed by atoms with Gasteiger partial charge in [0, 0.05) is 18.7 Å². The van der Waals surface area contributed by atoms with Gasteiger partial charge in [-0.1, -0.05) is 19.3 Å². The van der Waals surface area contributed by atoms with E-state index in [1.165, 1.54) is 32.1 Å². The molecule has 2 N–H and O–H groups in total. The number of nitrogens with zero attached hydrogens (tertiary/aromatic N) is 4. The maximum absolute atomic E-state index is 6.03.